The quantitative estimate of drug-likeness (QED) is 0.877. The monoisotopic (exact) mass is 343 g/mol. The maximum atomic E-state index is 12.3. The molecule has 1 aliphatic rings. The number of aryl methyl sites for hydroxylation is 1. The molecule has 4 nitrogen and oxygen atoms in total. The van der Waals surface area contributed by atoms with Gasteiger partial charge in [0.05, 0.1) is 12.1 Å². The Kier molecular flexibility index (Phi) is 5.63. The summed E-state index contributed by atoms with van der Waals surface area (Å²) >= 11 is 1.60. The molecule has 2 N–H and O–H groups in total. The van der Waals surface area contributed by atoms with Crippen molar-refractivity contribution in [3.8, 4) is 10.6 Å². The van der Waals surface area contributed by atoms with E-state index in [-0.39, 0.29) is 11.9 Å². The van der Waals surface area contributed by atoms with E-state index in [0.29, 0.717) is 12.5 Å². The second kappa shape index (κ2) is 7.90. The van der Waals surface area contributed by atoms with Crippen LogP contribution in [0.25, 0.3) is 10.6 Å². The van der Waals surface area contributed by atoms with Crippen LogP contribution in [-0.2, 0) is 17.6 Å². The van der Waals surface area contributed by atoms with E-state index in [9.17, 15) is 4.79 Å². The third-order valence-electron chi connectivity index (χ3n) is 4.61. The highest BCUT2D eigenvalue weighted by molar-refractivity contribution is 7.13. The molecule has 1 aliphatic heterocycles. The molecule has 1 saturated heterocycles. The molecule has 1 aromatic heterocycles. The van der Waals surface area contributed by atoms with Gasteiger partial charge in [-0.1, -0.05) is 31.2 Å². The molecule has 2 aromatic rings. The highest BCUT2D eigenvalue weighted by Gasteiger charge is 2.22. The van der Waals surface area contributed by atoms with Crippen molar-refractivity contribution in [1.29, 1.82) is 0 Å². The highest BCUT2D eigenvalue weighted by Crippen LogP contribution is 2.24. The average molecular weight is 343 g/mol. The van der Waals surface area contributed by atoms with Gasteiger partial charge in [0.2, 0.25) is 5.91 Å². The van der Waals surface area contributed by atoms with Gasteiger partial charge in [0.15, 0.2) is 0 Å². The number of benzene rings is 1. The molecule has 24 heavy (non-hydrogen) atoms. The van der Waals surface area contributed by atoms with E-state index in [4.69, 9.17) is 0 Å². The minimum absolute atomic E-state index is 0.0636. The van der Waals surface area contributed by atoms with Gasteiger partial charge in [-0.25, -0.2) is 4.98 Å². The van der Waals surface area contributed by atoms with Crippen LogP contribution in [0.4, 0.5) is 0 Å². The molecule has 0 aliphatic carbocycles. The molecule has 0 bridgehead atoms. The molecule has 1 amide bonds. The Morgan fingerprint density at radius 1 is 1.38 bits per heavy atom. The summed E-state index contributed by atoms with van der Waals surface area (Å²) in [6, 6.07) is 9.06. The van der Waals surface area contributed by atoms with Gasteiger partial charge >= 0.3 is 0 Å². The van der Waals surface area contributed by atoms with Crippen LogP contribution >= 0.6 is 11.3 Å². The van der Waals surface area contributed by atoms with Crippen molar-refractivity contribution in [2.24, 2.45) is 0 Å². The van der Waals surface area contributed by atoms with Crippen LogP contribution < -0.4 is 10.6 Å². The Balaban J connectivity index is 1.59. The van der Waals surface area contributed by atoms with E-state index in [1.54, 1.807) is 11.3 Å². The van der Waals surface area contributed by atoms with Crippen molar-refractivity contribution in [2.45, 2.75) is 51.6 Å². The van der Waals surface area contributed by atoms with Crippen molar-refractivity contribution in [1.82, 2.24) is 15.6 Å². The summed E-state index contributed by atoms with van der Waals surface area (Å²) in [6.45, 7) is 5.32. The van der Waals surface area contributed by atoms with Gasteiger partial charge in [-0.15, -0.1) is 11.3 Å². The van der Waals surface area contributed by atoms with Crippen molar-refractivity contribution in [3.63, 3.8) is 0 Å². The Bertz CT molecular complexity index is 680. The number of carbonyl (C=O) groups excluding carboxylic acids is 1. The zero-order valence-corrected chi connectivity index (χ0v) is 15.2. The molecule has 2 atom stereocenters. The minimum atomic E-state index is 0.0636. The zero-order valence-electron chi connectivity index (χ0n) is 14.3. The van der Waals surface area contributed by atoms with Crippen molar-refractivity contribution in [3.05, 3.63) is 40.9 Å². The second-order valence-corrected chi connectivity index (χ2v) is 7.29. The molecule has 1 fully saturated rings. The lowest BCUT2D eigenvalue weighted by molar-refractivity contribution is -0.121. The number of carbonyl (C=O) groups is 1. The molecule has 128 valence electrons. The summed E-state index contributed by atoms with van der Waals surface area (Å²) in [5, 5.41) is 9.52. The van der Waals surface area contributed by atoms with Crippen LogP contribution in [0.1, 0.15) is 37.9 Å². The Morgan fingerprint density at radius 3 is 2.88 bits per heavy atom. The second-order valence-electron chi connectivity index (χ2n) is 6.43. The summed E-state index contributed by atoms with van der Waals surface area (Å²) < 4.78 is 0. The van der Waals surface area contributed by atoms with Crippen LogP contribution in [0, 0.1) is 0 Å². The number of aromatic nitrogens is 1. The molecule has 3 rings (SSSR count). The highest BCUT2D eigenvalue weighted by atomic mass is 32.1. The zero-order chi connectivity index (χ0) is 16.9. The van der Waals surface area contributed by atoms with Gasteiger partial charge in [-0.2, -0.15) is 0 Å². The maximum Gasteiger partial charge on any atom is 0.226 e. The molecular weight excluding hydrogens is 318 g/mol. The first-order chi connectivity index (χ1) is 11.7. The first-order valence-electron chi connectivity index (χ1n) is 8.72. The fourth-order valence-electron chi connectivity index (χ4n) is 3.07. The number of rotatable bonds is 5. The summed E-state index contributed by atoms with van der Waals surface area (Å²) in [5.41, 5.74) is 3.29. The predicted octanol–water partition coefficient (Wildman–Crippen LogP) is 3.17. The molecule has 0 radical (unpaired) electrons. The van der Waals surface area contributed by atoms with Crippen LogP contribution in [0.5, 0.6) is 0 Å². The van der Waals surface area contributed by atoms with Gasteiger partial charge in [0.1, 0.15) is 5.01 Å². The molecule has 2 heterocycles. The SMILES string of the molecule is CCc1ccc(-c2nc(CC(=O)NC3CCCNC3C)cs2)cc1. The standard InChI is InChI=1S/C19H25N3OS/c1-3-14-6-8-15(9-7-14)19-21-16(12-24-19)11-18(23)22-17-5-4-10-20-13(17)2/h6-9,12-13,17,20H,3-5,10-11H2,1-2H3,(H,22,23). The summed E-state index contributed by atoms with van der Waals surface area (Å²) in [4.78, 5) is 16.9. The van der Waals surface area contributed by atoms with Crippen molar-refractivity contribution >= 4 is 17.2 Å². The first-order valence-corrected chi connectivity index (χ1v) is 9.60. The van der Waals surface area contributed by atoms with Gasteiger partial charge in [-0.05, 0) is 38.3 Å². The van der Waals surface area contributed by atoms with Gasteiger partial charge in [0.25, 0.3) is 0 Å². The van der Waals surface area contributed by atoms with E-state index in [1.807, 2.05) is 5.38 Å². The largest absolute Gasteiger partial charge is 0.351 e. The van der Waals surface area contributed by atoms with E-state index < -0.39 is 0 Å². The number of amides is 1. The number of hydrogen-bond acceptors (Lipinski definition) is 4. The molecule has 2 unspecified atom stereocenters. The summed E-state index contributed by atoms with van der Waals surface area (Å²) in [7, 11) is 0. The van der Waals surface area contributed by atoms with Crippen molar-refractivity contribution in [2.75, 3.05) is 6.54 Å². The number of hydrogen-bond donors (Lipinski definition) is 2. The third kappa shape index (κ3) is 4.22. The van der Waals surface area contributed by atoms with Crippen LogP contribution in [-0.4, -0.2) is 29.5 Å². The molecule has 0 saturated carbocycles. The van der Waals surface area contributed by atoms with Crippen molar-refractivity contribution < 1.29 is 4.79 Å². The average Bonchev–Trinajstić information content (AvgIpc) is 3.05. The summed E-state index contributed by atoms with van der Waals surface area (Å²) in [5.74, 6) is 0.0636. The number of nitrogens with zero attached hydrogens (tertiary/aromatic N) is 1. The molecule has 0 spiro atoms. The minimum Gasteiger partial charge on any atom is -0.351 e. The molecular formula is C19H25N3OS. The Hall–Kier alpha value is -1.72. The fraction of sp³-hybridized carbons (Fsp3) is 0.474. The lowest BCUT2D eigenvalue weighted by Crippen LogP contribution is -2.52. The lowest BCUT2D eigenvalue weighted by atomic mass is 10.00. The predicted molar refractivity (Wildman–Crippen MR) is 99.3 cm³/mol. The van der Waals surface area contributed by atoms with Crippen LogP contribution in [0.2, 0.25) is 0 Å². The lowest BCUT2D eigenvalue weighted by Gasteiger charge is -2.30. The normalized spacial score (nSPS) is 20.8. The van der Waals surface area contributed by atoms with Gasteiger partial charge in [-0.3, -0.25) is 4.79 Å². The van der Waals surface area contributed by atoms with Crippen LogP contribution in [0.15, 0.2) is 29.6 Å². The van der Waals surface area contributed by atoms with E-state index in [1.165, 1.54) is 5.56 Å². The van der Waals surface area contributed by atoms with E-state index in [0.717, 1.165) is 42.1 Å². The Labute approximate surface area is 147 Å². The maximum absolute atomic E-state index is 12.3. The van der Waals surface area contributed by atoms with Crippen LogP contribution in [0.3, 0.4) is 0 Å². The van der Waals surface area contributed by atoms with E-state index >= 15 is 0 Å². The Morgan fingerprint density at radius 2 is 2.17 bits per heavy atom. The smallest absolute Gasteiger partial charge is 0.226 e. The summed E-state index contributed by atoms with van der Waals surface area (Å²) in [6.07, 6.45) is 3.56. The van der Waals surface area contributed by atoms with Gasteiger partial charge < -0.3 is 10.6 Å². The number of nitrogens with one attached hydrogen (secondary N) is 2. The number of thiazole rings is 1. The molecule has 1 aromatic carbocycles. The van der Waals surface area contributed by atoms with Gasteiger partial charge in [0, 0.05) is 23.0 Å². The number of piperidine rings is 1. The fourth-order valence-corrected chi connectivity index (χ4v) is 3.89. The third-order valence-corrected chi connectivity index (χ3v) is 5.55. The first kappa shape index (κ1) is 17.1. The molecule has 5 heteroatoms. The van der Waals surface area contributed by atoms with E-state index in [2.05, 4.69) is 53.7 Å². The topological polar surface area (TPSA) is 54.0 Å².